The summed E-state index contributed by atoms with van der Waals surface area (Å²) >= 11 is 0. The van der Waals surface area contributed by atoms with Crippen LogP contribution < -0.4 is 4.90 Å². The highest BCUT2D eigenvalue weighted by Gasteiger charge is 2.79. The highest BCUT2D eigenvalue weighted by molar-refractivity contribution is 6.05. The van der Waals surface area contributed by atoms with Crippen LogP contribution in [0.3, 0.4) is 0 Å². The Morgan fingerprint density at radius 1 is 1.18 bits per heavy atom. The number of fused-ring (bicyclic) bond motifs is 2. The summed E-state index contributed by atoms with van der Waals surface area (Å²) in [5, 5.41) is 11.9. The molecule has 1 N–H and O–H groups in total. The number of likely N-dealkylation sites (tertiary alicyclic amines) is 1. The lowest BCUT2D eigenvalue weighted by molar-refractivity contribution is -0.160. The van der Waals surface area contributed by atoms with Gasteiger partial charge in [0.25, 0.3) is 5.91 Å². The maximum absolute atomic E-state index is 14.5. The average Bonchev–Trinajstić information content (AvgIpc) is 3.55. The maximum atomic E-state index is 14.5. The first-order chi connectivity index (χ1) is 18.9. The molecule has 1 spiro atoms. The lowest BCUT2D eigenvalue weighted by Gasteiger charge is -2.36. The number of esters is 1. The van der Waals surface area contributed by atoms with E-state index in [1.165, 1.54) is 4.90 Å². The van der Waals surface area contributed by atoms with Gasteiger partial charge in [-0.1, -0.05) is 49.4 Å². The van der Waals surface area contributed by atoms with Crippen LogP contribution in [-0.2, 0) is 23.9 Å². The van der Waals surface area contributed by atoms with Crippen LogP contribution in [0.2, 0.25) is 0 Å². The van der Waals surface area contributed by atoms with Gasteiger partial charge in [-0.2, -0.15) is 0 Å². The topological polar surface area (TPSA) is 96.4 Å². The molecule has 2 amide bonds. The van der Waals surface area contributed by atoms with Crippen molar-refractivity contribution >= 4 is 34.2 Å². The number of anilines is 1. The van der Waals surface area contributed by atoms with Crippen LogP contribution in [0.15, 0.2) is 67.8 Å². The van der Waals surface area contributed by atoms with E-state index in [-0.39, 0.29) is 38.1 Å². The molecule has 2 aromatic carbocycles. The van der Waals surface area contributed by atoms with Gasteiger partial charge in [-0.15, -0.1) is 13.2 Å². The van der Waals surface area contributed by atoms with Crippen molar-refractivity contribution in [2.75, 3.05) is 31.2 Å². The van der Waals surface area contributed by atoms with E-state index in [0.29, 0.717) is 31.4 Å². The number of amides is 2. The van der Waals surface area contributed by atoms with Crippen LogP contribution in [0.25, 0.3) is 10.8 Å². The molecule has 2 aromatic rings. The number of carbonyl (C=O) groups excluding carboxylic acids is 3. The average molecular weight is 533 g/mol. The number of β-amino-alcohol motifs (C(OH)–C–C–N with tert-alkyl or cyclic N) is 1. The number of rotatable bonds is 11. The maximum Gasteiger partial charge on any atom is 0.312 e. The molecule has 206 valence electrons. The lowest BCUT2D eigenvalue weighted by atomic mass is 9.65. The minimum Gasteiger partial charge on any atom is -0.465 e. The standard InChI is InChI=1S/C31H36N2O6/c1-4-7-19-38-29(37)25-24-27(35)33(17-18-34)26(31(24)15-14-30(25,6-3)39-31)28(36)32(16-5-2)23-13-12-21-10-8-9-11-22(21)20-23/h4-5,8-13,20,24-26,34H,1-2,6-7,14-19H2,3H3/t24-,25+,26?,30-,31?/m0/s1. The van der Waals surface area contributed by atoms with Crippen LogP contribution in [0.5, 0.6) is 0 Å². The molecule has 2 bridgehead atoms. The fourth-order valence-electron chi connectivity index (χ4n) is 6.98. The first-order valence-electron chi connectivity index (χ1n) is 13.7. The number of hydrogen-bond acceptors (Lipinski definition) is 6. The molecule has 3 aliphatic heterocycles. The summed E-state index contributed by atoms with van der Waals surface area (Å²) in [4.78, 5) is 44.9. The number of aliphatic hydroxyl groups is 1. The normalized spacial score (nSPS) is 28.9. The first kappa shape index (κ1) is 27.1. The second kappa shape index (κ2) is 10.6. The Labute approximate surface area is 228 Å². The van der Waals surface area contributed by atoms with Crippen molar-refractivity contribution in [3.8, 4) is 0 Å². The van der Waals surface area contributed by atoms with Crippen molar-refractivity contribution in [1.29, 1.82) is 0 Å². The van der Waals surface area contributed by atoms with Crippen LogP contribution in [0.1, 0.15) is 32.6 Å². The lowest BCUT2D eigenvalue weighted by Crippen LogP contribution is -2.56. The van der Waals surface area contributed by atoms with E-state index in [2.05, 4.69) is 13.2 Å². The summed E-state index contributed by atoms with van der Waals surface area (Å²) in [5.41, 5.74) is -1.38. The van der Waals surface area contributed by atoms with Crippen molar-refractivity contribution in [3.05, 3.63) is 67.8 Å². The fraction of sp³-hybridized carbons (Fsp3) is 0.452. The second-order valence-electron chi connectivity index (χ2n) is 10.6. The highest BCUT2D eigenvalue weighted by Crippen LogP contribution is 2.64. The zero-order chi connectivity index (χ0) is 27.8. The van der Waals surface area contributed by atoms with Gasteiger partial charge in [-0.25, -0.2) is 0 Å². The molecule has 0 radical (unpaired) electrons. The van der Waals surface area contributed by atoms with Gasteiger partial charge in [0.05, 0.1) is 24.7 Å². The molecule has 2 unspecified atom stereocenters. The predicted molar refractivity (Wildman–Crippen MR) is 148 cm³/mol. The summed E-state index contributed by atoms with van der Waals surface area (Å²) < 4.78 is 12.3. The summed E-state index contributed by atoms with van der Waals surface area (Å²) in [6.45, 7) is 9.52. The third-order valence-corrected chi connectivity index (χ3v) is 8.70. The zero-order valence-corrected chi connectivity index (χ0v) is 22.4. The summed E-state index contributed by atoms with van der Waals surface area (Å²) in [7, 11) is 0. The SMILES string of the molecule is C=CCCOC(=O)[C@H]1[C@H]2C(=O)N(CCO)C(C(=O)N(CC=C)c3ccc4ccccc4c3)C23CC[C@]1(CC)O3. The quantitative estimate of drug-likeness (QED) is 0.270. The molecular weight excluding hydrogens is 496 g/mol. The van der Waals surface area contributed by atoms with E-state index in [1.54, 1.807) is 17.1 Å². The molecule has 8 nitrogen and oxygen atoms in total. The summed E-state index contributed by atoms with van der Waals surface area (Å²) in [6, 6.07) is 12.7. The Balaban J connectivity index is 1.56. The molecule has 5 atom stereocenters. The number of benzene rings is 2. The molecule has 3 fully saturated rings. The van der Waals surface area contributed by atoms with E-state index < -0.39 is 35.0 Å². The van der Waals surface area contributed by atoms with Crippen molar-refractivity contribution < 1.29 is 29.0 Å². The molecule has 39 heavy (non-hydrogen) atoms. The van der Waals surface area contributed by atoms with E-state index in [1.807, 2.05) is 49.4 Å². The Morgan fingerprint density at radius 3 is 2.64 bits per heavy atom. The largest absolute Gasteiger partial charge is 0.465 e. The molecule has 0 saturated carbocycles. The molecule has 3 saturated heterocycles. The molecule has 3 heterocycles. The van der Waals surface area contributed by atoms with E-state index >= 15 is 0 Å². The number of ether oxygens (including phenoxy) is 2. The van der Waals surface area contributed by atoms with Gasteiger partial charge in [0.15, 0.2) is 0 Å². The van der Waals surface area contributed by atoms with Gasteiger partial charge in [-0.3, -0.25) is 14.4 Å². The van der Waals surface area contributed by atoms with Crippen molar-refractivity contribution in [2.45, 2.75) is 49.9 Å². The minimum absolute atomic E-state index is 0.0339. The third kappa shape index (κ3) is 4.17. The van der Waals surface area contributed by atoms with Crippen LogP contribution in [0, 0.1) is 11.8 Å². The van der Waals surface area contributed by atoms with Crippen molar-refractivity contribution in [2.24, 2.45) is 11.8 Å². The van der Waals surface area contributed by atoms with Gasteiger partial charge < -0.3 is 24.4 Å². The van der Waals surface area contributed by atoms with Gasteiger partial charge in [0.1, 0.15) is 17.6 Å². The van der Waals surface area contributed by atoms with E-state index in [9.17, 15) is 19.5 Å². The van der Waals surface area contributed by atoms with Crippen LogP contribution in [-0.4, -0.2) is 71.3 Å². The molecule has 3 aliphatic rings. The molecule has 5 rings (SSSR count). The van der Waals surface area contributed by atoms with Gasteiger partial charge in [0, 0.05) is 18.8 Å². The van der Waals surface area contributed by atoms with E-state index in [4.69, 9.17) is 9.47 Å². The Hall–Kier alpha value is -3.49. The van der Waals surface area contributed by atoms with Crippen molar-refractivity contribution in [1.82, 2.24) is 4.90 Å². The summed E-state index contributed by atoms with van der Waals surface area (Å²) in [6.07, 6.45) is 5.34. The zero-order valence-electron chi connectivity index (χ0n) is 22.4. The summed E-state index contributed by atoms with van der Waals surface area (Å²) in [5.74, 6) is -2.82. The second-order valence-corrected chi connectivity index (χ2v) is 10.6. The minimum atomic E-state index is -1.18. The Bertz CT molecular complexity index is 1310. The molecule has 0 aliphatic carbocycles. The third-order valence-electron chi connectivity index (χ3n) is 8.70. The van der Waals surface area contributed by atoms with Crippen LogP contribution in [0.4, 0.5) is 5.69 Å². The Morgan fingerprint density at radius 2 is 1.95 bits per heavy atom. The fourth-order valence-corrected chi connectivity index (χ4v) is 6.98. The number of hydrogen-bond donors (Lipinski definition) is 1. The number of nitrogens with zero attached hydrogens (tertiary/aromatic N) is 2. The number of carbonyl (C=O) groups is 3. The Kier molecular flexibility index (Phi) is 7.35. The van der Waals surface area contributed by atoms with Gasteiger partial charge in [0.2, 0.25) is 5.91 Å². The number of aliphatic hydroxyl groups excluding tert-OH is 1. The highest BCUT2D eigenvalue weighted by atomic mass is 16.6. The predicted octanol–water partition coefficient (Wildman–Crippen LogP) is 3.63. The molecular formula is C31H36N2O6. The van der Waals surface area contributed by atoms with Gasteiger partial charge >= 0.3 is 5.97 Å². The molecule has 8 heteroatoms. The van der Waals surface area contributed by atoms with Crippen molar-refractivity contribution in [3.63, 3.8) is 0 Å². The van der Waals surface area contributed by atoms with E-state index in [0.717, 1.165) is 10.8 Å². The van der Waals surface area contributed by atoms with Crippen LogP contribution >= 0.6 is 0 Å². The van der Waals surface area contributed by atoms with Gasteiger partial charge in [-0.05, 0) is 48.6 Å². The molecule has 0 aromatic heterocycles. The first-order valence-corrected chi connectivity index (χ1v) is 13.7. The smallest absolute Gasteiger partial charge is 0.312 e. The monoisotopic (exact) mass is 532 g/mol.